The van der Waals surface area contributed by atoms with Crippen molar-refractivity contribution in [2.45, 2.75) is 71.5 Å². The second-order valence-electron chi connectivity index (χ2n) is 9.39. The minimum absolute atomic E-state index is 0.0273. The molecule has 8 nitrogen and oxygen atoms in total. The second kappa shape index (κ2) is 9.60. The summed E-state index contributed by atoms with van der Waals surface area (Å²) in [6, 6.07) is 1.70. The van der Waals surface area contributed by atoms with Gasteiger partial charge in [0.05, 0.1) is 5.52 Å². The fourth-order valence-corrected chi connectivity index (χ4v) is 5.85. The highest BCUT2D eigenvalue weighted by Gasteiger charge is 2.31. The number of hydrogen-bond donors (Lipinski definition) is 1. The summed E-state index contributed by atoms with van der Waals surface area (Å²) in [7, 11) is 0. The van der Waals surface area contributed by atoms with E-state index in [4.69, 9.17) is 0 Å². The van der Waals surface area contributed by atoms with Gasteiger partial charge >= 0.3 is 5.69 Å². The Morgan fingerprint density at radius 1 is 1.09 bits per heavy atom. The maximum Gasteiger partial charge on any atom is 0.332 e. The van der Waals surface area contributed by atoms with Crippen LogP contribution in [-0.4, -0.2) is 45.0 Å². The first-order valence-electron chi connectivity index (χ1n) is 11.6. The predicted octanol–water partition coefficient (Wildman–Crippen LogP) is 2.18. The molecule has 0 radical (unpaired) electrons. The fourth-order valence-electron chi connectivity index (χ4n) is 5.00. The van der Waals surface area contributed by atoms with Gasteiger partial charge in [-0.05, 0) is 69.7 Å². The topological polar surface area (TPSA) is 93.4 Å². The van der Waals surface area contributed by atoms with E-state index in [0.717, 1.165) is 51.6 Å². The maximum absolute atomic E-state index is 13.2. The van der Waals surface area contributed by atoms with Gasteiger partial charge in [-0.3, -0.25) is 23.5 Å². The van der Waals surface area contributed by atoms with Gasteiger partial charge in [-0.15, -0.1) is 11.3 Å². The molecule has 1 aliphatic heterocycles. The van der Waals surface area contributed by atoms with Crippen LogP contribution < -0.4 is 16.6 Å². The number of likely N-dealkylation sites (tertiary alicyclic amines) is 1. The summed E-state index contributed by atoms with van der Waals surface area (Å²) >= 11 is 1.30. The van der Waals surface area contributed by atoms with Crippen molar-refractivity contribution in [2.24, 2.45) is 11.8 Å². The lowest BCUT2D eigenvalue weighted by molar-refractivity contribution is -0.135. The van der Waals surface area contributed by atoms with E-state index in [-0.39, 0.29) is 41.8 Å². The lowest BCUT2D eigenvalue weighted by Crippen LogP contribution is -2.44. The Labute approximate surface area is 191 Å². The lowest BCUT2D eigenvalue weighted by Gasteiger charge is -2.30. The monoisotopic (exact) mass is 460 g/mol. The van der Waals surface area contributed by atoms with Gasteiger partial charge in [0, 0.05) is 31.6 Å². The maximum atomic E-state index is 13.2. The molecule has 32 heavy (non-hydrogen) atoms. The number of hydrogen-bond acceptors (Lipinski definition) is 5. The summed E-state index contributed by atoms with van der Waals surface area (Å²) in [4.78, 5) is 53.3. The van der Waals surface area contributed by atoms with E-state index < -0.39 is 5.69 Å². The molecule has 2 aliphatic rings. The second-order valence-corrected chi connectivity index (χ2v) is 10.3. The molecule has 0 aromatic carbocycles. The van der Waals surface area contributed by atoms with Crippen LogP contribution in [0, 0.1) is 11.8 Å². The van der Waals surface area contributed by atoms with Crippen molar-refractivity contribution in [1.82, 2.24) is 19.4 Å². The van der Waals surface area contributed by atoms with Gasteiger partial charge in [0.25, 0.3) is 5.56 Å². The Balaban J connectivity index is 1.51. The minimum Gasteiger partial charge on any atom is -0.352 e. The molecule has 174 valence electrons. The summed E-state index contributed by atoms with van der Waals surface area (Å²) in [6.07, 6.45) is 5.45. The van der Waals surface area contributed by atoms with Gasteiger partial charge in [-0.2, -0.15) is 0 Å². The number of carbonyl (C=O) groups is 2. The Morgan fingerprint density at radius 3 is 2.44 bits per heavy atom. The number of aromatic nitrogens is 2. The Kier molecular flexibility index (Phi) is 6.83. The summed E-state index contributed by atoms with van der Waals surface area (Å²) < 4.78 is 3.21. The molecule has 0 unspecified atom stereocenters. The molecule has 3 heterocycles. The summed E-state index contributed by atoms with van der Waals surface area (Å²) in [5, 5.41) is 4.59. The lowest BCUT2D eigenvalue weighted by atomic mass is 9.81. The van der Waals surface area contributed by atoms with E-state index >= 15 is 0 Å². The van der Waals surface area contributed by atoms with Gasteiger partial charge in [0.1, 0.15) is 11.2 Å². The Hall–Kier alpha value is -2.42. The van der Waals surface area contributed by atoms with Gasteiger partial charge in [0.15, 0.2) is 0 Å². The van der Waals surface area contributed by atoms with E-state index in [1.54, 1.807) is 11.4 Å². The molecular weight excluding hydrogens is 428 g/mol. The molecule has 1 saturated heterocycles. The molecule has 2 amide bonds. The smallest absolute Gasteiger partial charge is 0.332 e. The number of nitrogens with one attached hydrogen (secondary N) is 1. The van der Waals surface area contributed by atoms with Gasteiger partial charge in [0.2, 0.25) is 11.8 Å². The summed E-state index contributed by atoms with van der Waals surface area (Å²) in [6.45, 7) is 5.71. The van der Waals surface area contributed by atoms with Gasteiger partial charge < -0.3 is 10.2 Å². The molecule has 2 aromatic heterocycles. The minimum atomic E-state index is -0.435. The predicted molar refractivity (Wildman–Crippen MR) is 125 cm³/mol. The number of amides is 2. The summed E-state index contributed by atoms with van der Waals surface area (Å²) in [5.74, 6) is 0.271. The first kappa shape index (κ1) is 22.8. The standard InChI is InChI=1S/C23H32N4O4S/c1-15(2)24-19(28)14-26-18-9-12-32-20(18)22(30)27(23(26)31)13-16-5-7-17(8-6-16)21(29)25-10-3-4-11-25/h9,12,15-17H,3-8,10-11,13-14H2,1-2H3,(H,24,28). The largest absolute Gasteiger partial charge is 0.352 e. The van der Waals surface area contributed by atoms with Crippen LogP contribution in [0.25, 0.3) is 10.2 Å². The van der Waals surface area contributed by atoms with Gasteiger partial charge in [-0.1, -0.05) is 0 Å². The first-order chi connectivity index (χ1) is 15.3. The van der Waals surface area contributed by atoms with E-state index in [9.17, 15) is 19.2 Å². The molecule has 2 aromatic rings. The zero-order valence-corrected chi connectivity index (χ0v) is 19.7. The van der Waals surface area contributed by atoms with Crippen molar-refractivity contribution in [1.29, 1.82) is 0 Å². The zero-order valence-electron chi connectivity index (χ0n) is 18.8. The quantitative estimate of drug-likeness (QED) is 0.715. The number of fused-ring (bicyclic) bond motifs is 1. The van der Waals surface area contributed by atoms with Crippen LogP contribution in [0.1, 0.15) is 52.4 Å². The SMILES string of the molecule is CC(C)NC(=O)Cn1c(=O)n(CC2CCC(C(=O)N3CCCC3)CC2)c(=O)c2sccc21. The molecule has 1 N–H and O–H groups in total. The number of thiophene rings is 1. The van der Waals surface area contributed by atoms with E-state index in [1.807, 2.05) is 18.7 Å². The van der Waals surface area contributed by atoms with Crippen LogP contribution in [0.4, 0.5) is 0 Å². The van der Waals surface area contributed by atoms with Crippen LogP contribution in [-0.2, 0) is 22.7 Å². The molecule has 0 spiro atoms. The number of carbonyl (C=O) groups excluding carboxylic acids is 2. The molecule has 0 bridgehead atoms. The Bertz CT molecular complexity index is 1100. The molecule has 2 fully saturated rings. The average molecular weight is 461 g/mol. The van der Waals surface area contributed by atoms with Crippen molar-refractivity contribution in [2.75, 3.05) is 13.1 Å². The van der Waals surface area contributed by atoms with Crippen LogP contribution in [0.15, 0.2) is 21.0 Å². The van der Waals surface area contributed by atoms with Crippen LogP contribution in [0.2, 0.25) is 0 Å². The highest BCUT2D eigenvalue weighted by Crippen LogP contribution is 2.31. The molecule has 4 rings (SSSR count). The molecule has 1 saturated carbocycles. The highest BCUT2D eigenvalue weighted by atomic mass is 32.1. The fraction of sp³-hybridized carbons (Fsp3) is 0.652. The third-order valence-corrected chi connectivity index (χ3v) is 7.53. The molecule has 1 aliphatic carbocycles. The third-order valence-electron chi connectivity index (χ3n) is 6.64. The Morgan fingerprint density at radius 2 is 1.78 bits per heavy atom. The zero-order chi connectivity index (χ0) is 22.8. The van der Waals surface area contributed by atoms with Crippen LogP contribution >= 0.6 is 11.3 Å². The molecule has 9 heteroatoms. The van der Waals surface area contributed by atoms with Gasteiger partial charge in [-0.25, -0.2) is 4.79 Å². The van der Waals surface area contributed by atoms with Crippen molar-refractivity contribution in [3.05, 3.63) is 32.3 Å². The van der Waals surface area contributed by atoms with E-state index in [2.05, 4.69) is 5.32 Å². The summed E-state index contributed by atoms with van der Waals surface area (Å²) in [5.41, 5.74) is -0.203. The number of nitrogens with zero attached hydrogens (tertiary/aromatic N) is 3. The van der Waals surface area contributed by atoms with Crippen molar-refractivity contribution in [3.63, 3.8) is 0 Å². The number of rotatable bonds is 6. The third kappa shape index (κ3) is 4.67. The van der Waals surface area contributed by atoms with Crippen molar-refractivity contribution >= 4 is 33.4 Å². The first-order valence-corrected chi connectivity index (χ1v) is 12.5. The van der Waals surface area contributed by atoms with E-state index in [1.165, 1.54) is 20.5 Å². The van der Waals surface area contributed by atoms with E-state index in [0.29, 0.717) is 16.8 Å². The van der Waals surface area contributed by atoms with Crippen LogP contribution in [0.5, 0.6) is 0 Å². The highest BCUT2D eigenvalue weighted by molar-refractivity contribution is 7.17. The normalized spacial score (nSPS) is 21.4. The molecular formula is C23H32N4O4S. The molecule has 0 atom stereocenters. The average Bonchev–Trinajstić information content (AvgIpc) is 3.46. The van der Waals surface area contributed by atoms with Crippen molar-refractivity contribution in [3.8, 4) is 0 Å². The van der Waals surface area contributed by atoms with Crippen LogP contribution in [0.3, 0.4) is 0 Å². The van der Waals surface area contributed by atoms with Crippen molar-refractivity contribution < 1.29 is 9.59 Å².